The number of rotatable bonds is 5. The molecule has 0 fully saturated rings. The number of para-hydroxylation sites is 2. The molecule has 2 aromatic rings. The van der Waals surface area contributed by atoms with E-state index in [9.17, 15) is 4.79 Å². The molecule has 0 saturated carbocycles. The number of benzene rings is 2. The molecule has 0 aliphatic carbocycles. The van der Waals surface area contributed by atoms with Gasteiger partial charge in [0, 0.05) is 0 Å². The zero-order chi connectivity index (χ0) is 16.4. The fourth-order valence-corrected chi connectivity index (χ4v) is 1.74. The van der Waals surface area contributed by atoms with Gasteiger partial charge in [0.25, 0.3) is 0 Å². The topological polar surface area (TPSA) is 81.8 Å². The Labute approximate surface area is 130 Å². The van der Waals surface area contributed by atoms with Gasteiger partial charge in [-0.05, 0) is 24.1 Å². The number of hydrogen-bond donors (Lipinski definition) is 2. The van der Waals surface area contributed by atoms with E-state index < -0.39 is 12.0 Å². The highest BCUT2D eigenvalue weighted by Crippen LogP contribution is 2.24. The van der Waals surface area contributed by atoms with Gasteiger partial charge in [-0.1, -0.05) is 42.5 Å². The average molecular weight is 303 g/mol. The first-order valence-corrected chi connectivity index (χ1v) is 6.77. The third kappa shape index (κ3) is 5.85. The Bertz CT molecular complexity index is 549. The van der Waals surface area contributed by atoms with Crippen LogP contribution >= 0.6 is 0 Å². The zero-order valence-corrected chi connectivity index (χ0v) is 12.7. The van der Waals surface area contributed by atoms with E-state index in [1.807, 2.05) is 54.6 Å². The number of aliphatic carboxylic acids is 1. The summed E-state index contributed by atoms with van der Waals surface area (Å²) in [5, 5.41) is 8.52. The number of carbonyl (C=O) groups is 1. The van der Waals surface area contributed by atoms with Crippen LogP contribution in [-0.2, 0) is 11.2 Å². The normalized spacial score (nSPS) is 10.9. The Hall–Kier alpha value is -2.53. The van der Waals surface area contributed by atoms with E-state index in [2.05, 4.69) is 0 Å². The minimum Gasteiger partial charge on any atom is -0.493 e. The Morgan fingerprint density at radius 2 is 1.45 bits per heavy atom. The highest BCUT2D eigenvalue weighted by Gasteiger charge is 2.10. The molecule has 2 rings (SSSR count). The van der Waals surface area contributed by atoms with Crippen molar-refractivity contribution in [2.45, 2.75) is 12.5 Å². The molecule has 3 N–H and O–H groups in total. The first-order chi connectivity index (χ1) is 10.6. The summed E-state index contributed by atoms with van der Waals surface area (Å²) in [6, 6.07) is 16.1. The molecule has 0 amide bonds. The summed E-state index contributed by atoms with van der Waals surface area (Å²) in [6.45, 7) is 0. The smallest absolute Gasteiger partial charge is 0.320 e. The summed E-state index contributed by atoms with van der Waals surface area (Å²) in [5.74, 6) is 0.578. The first kappa shape index (κ1) is 17.5. The lowest BCUT2D eigenvalue weighted by atomic mass is 10.1. The monoisotopic (exact) mass is 303 g/mol. The van der Waals surface area contributed by atoms with Crippen LogP contribution in [0.4, 0.5) is 0 Å². The van der Waals surface area contributed by atoms with Crippen molar-refractivity contribution in [3.8, 4) is 11.5 Å². The Morgan fingerprint density at radius 3 is 1.86 bits per heavy atom. The van der Waals surface area contributed by atoms with Crippen LogP contribution in [0.25, 0.3) is 0 Å². The molecule has 1 atom stereocenters. The molecule has 0 spiro atoms. The van der Waals surface area contributed by atoms with Crippen LogP contribution in [0.1, 0.15) is 5.56 Å². The molecular weight excluding hydrogens is 282 g/mol. The minimum absolute atomic E-state index is 0.385. The maximum absolute atomic E-state index is 10.4. The van der Waals surface area contributed by atoms with E-state index in [4.69, 9.17) is 20.3 Å². The summed E-state index contributed by atoms with van der Waals surface area (Å²) < 4.78 is 10.0. The van der Waals surface area contributed by atoms with E-state index in [1.54, 1.807) is 14.2 Å². The number of methoxy groups -OCH3 is 2. The highest BCUT2D eigenvalue weighted by atomic mass is 16.5. The highest BCUT2D eigenvalue weighted by molar-refractivity contribution is 5.73. The molecular formula is C17H21NO4. The Morgan fingerprint density at radius 1 is 1.00 bits per heavy atom. The van der Waals surface area contributed by atoms with Crippen LogP contribution in [0.2, 0.25) is 0 Å². The van der Waals surface area contributed by atoms with Crippen LogP contribution in [-0.4, -0.2) is 31.3 Å². The van der Waals surface area contributed by atoms with Crippen LogP contribution < -0.4 is 15.2 Å². The molecule has 0 aromatic heterocycles. The van der Waals surface area contributed by atoms with E-state index in [0.717, 1.165) is 17.1 Å². The Kier molecular flexibility index (Phi) is 7.50. The SMILES string of the molecule is COc1ccccc1OC.NC(Cc1ccccc1)C(=O)O. The molecule has 0 bridgehead atoms. The van der Waals surface area contributed by atoms with Crippen molar-refractivity contribution < 1.29 is 19.4 Å². The third-order valence-corrected chi connectivity index (χ3v) is 2.90. The number of hydrogen-bond acceptors (Lipinski definition) is 4. The fraction of sp³-hybridized carbons (Fsp3) is 0.235. The fourth-order valence-electron chi connectivity index (χ4n) is 1.74. The summed E-state index contributed by atoms with van der Waals surface area (Å²) in [6.07, 6.45) is 0.385. The molecule has 22 heavy (non-hydrogen) atoms. The van der Waals surface area contributed by atoms with Gasteiger partial charge in [0.2, 0.25) is 0 Å². The van der Waals surface area contributed by atoms with Gasteiger partial charge in [-0.2, -0.15) is 0 Å². The van der Waals surface area contributed by atoms with Crippen LogP contribution in [0.15, 0.2) is 54.6 Å². The molecule has 118 valence electrons. The standard InChI is InChI=1S/C9H11NO2.C8H10O2/c10-8(9(11)12)6-7-4-2-1-3-5-7;1-9-7-5-3-4-6-8(7)10-2/h1-5,8H,6,10H2,(H,11,12);3-6H,1-2H3. The molecule has 5 nitrogen and oxygen atoms in total. The summed E-state index contributed by atoms with van der Waals surface area (Å²) >= 11 is 0. The van der Waals surface area contributed by atoms with Crippen LogP contribution in [0, 0.1) is 0 Å². The second-order valence-corrected chi connectivity index (χ2v) is 4.49. The third-order valence-electron chi connectivity index (χ3n) is 2.90. The van der Waals surface area contributed by atoms with Crippen LogP contribution in [0.3, 0.4) is 0 Å². The predicted octanol–water partition coefficient (Wildman–Crippen LogP) is 2.34. The van der Waals surface area contributed by atoms with Crippen molar-refractivity contribution in [3.63, 3.8) is 0 Å². The molecule has 0 aliphatic rings. The van der Waals surface area contributed by atoms with E-state index in [-0.39, 0.29) is 0 Å². The maximum Gasteiger partial charge on any atom is 0.320 e. The van der Waals surface area contributed by atoms with Gasteiger partial charge in [0.1, 0.15) is 6.04 Å². The molecule has 2 aromatic carbocycles. The van der Waals surface area contributed by atoms with Crippen molar-refractivity contribution in [1.29, 1.82) is 0 Å². The maximum atomic E-state index is 10.4. The Balaban J connectivity index is 0.000000224. The lowest BCUT2D eigenvalue weighted by Gasteiger charge is -2.04. The predicted molar refractivity (Wildman–Crippen MR) is 85.3 cm³/mol. The van der Waals surface area contributed by atoms with Gasteiger partial charge in [-0.3, -0.25) is 4.79 Å². The van der Waals surface area contributed by atoms with Crippen molar-refractivity contribution in [3.05, 3.63) is 60.2 Å². The summed E-state index contributed by atoms with van der Waals surface area (Å²) in [4.78, 5) is 10.4. The zero-order valence-electron chi connectivity index (χ0n) is 12.7. The summed E-state index contributed by atoms with van der Waals surface area (Å²) in [7, 11) is 3.25. The number of ether oxygens (including phenoxy) is 2. The van der Waals surface area contributed by atoms with E-state index in [1.165, 1.54) is 0 Å². The number of carboxylic acids is 1. The first-order valence-electron chi connectivity index (χ1n) is 6.77. The van der Waals surface area contributed by atoms with Gasteiger partial charge in [0.15, 0.2) is 11.5 Å². The lowest BCUT2D eigenvalue weighted by Crippen LogP contribution is -2.32. The second kappa shape index (κ2) is 9.41. The largest absolute Gasteiger partial charge is 0.493 e. The van der Waals surface area contributed by atoms with E-state index >= 15 is 0 Å². The van der Waals surface area contributed by atoms with Gasteiger partial charge < -0.3 is 20.3 Å². The van der Waals surface area contributed by atoms with Crippen LogP contribution in [0.5, 0.6) is 11.5 Å². The second-order valence-electron chi connectivity index (χ2n) is 4.49. The molecule has 0 heterocycles. The lowest BCUT2D eigenvalue weighted by molar-refractivity contribution is -0.138. The molecule has 0 saturated heterocycles. The molecule has 1 unspecified atom stereocenters. The van der Waals surface area contributed by atoms with Crippen molar-refractivity contribution in [1.82, 2.24) is 0 Å². The quantitative estimate of drug-likeness (QED) is 0.886. The van der Waals surface area contributed by atoms with Gasteiger partial charge in [-0.15, -0.1) is 0 Å². The van der Waals surface area contributed by atoms with E-state index in [0.29, 0.717) is 6.42 Å². The molecule has 0 radical (unpaired) electrons. The van der Waals surface area contributed by atoms with Gasteiger partial charge >= 0.3 is 5.97 Å². The van der Waals surface area contributed by atoms with Gasteiger partial charge in [-0.25, -0.2) is 0 Å². The average Bonchev–Trinajstić information content (AvgIpc) is 2.56. The number of carboxylic acid groups (broad SMARTS) is 1. The molecule has 0 aliphatic heterocycles. The van der Waals surface area contributed by atoms with Gasteiger partial charge in [0.05, 0.1) is 14.2 Å². The number of nitrogens with two attached hydrogens (primary N) is 1. The van der Waals surface area contributed by atoms with Crippen molar-refractivity contribution >= 4 is 5.97 Å². The molecule has 5 heteroatoms. The van der Waals surface area contributed by atoms with Crippen molar-refractivity contribution in [2.75, 3.05) is 14.2 Å². The summed E-state index contributed by atoms with van der Waals surface area (Å²) in [5.41, 5.74) is 6.30. The minimum atomic E-state index is -0.959. The van der Waals surface area contributed by atoms with Crippen molar-refractivity contribution in [2.24, 2.45) is 5.73 Å².